The first-order valence-corrected chi connectivity index (χ1v) is 6.43. The number of aryl methyl sites for hydroxylation is 1. The molecule has 1 aromatic heterocycles. The van der Waals surface area contributed by atoms with Crippen LogP contribution >= 0.6 is 0 Å². The molecule has 1 N–H and O–H groups in total. The fourth-order valence-corrected chi connectivity index (χ4v) is 1.61. The number of imidazole rings is 1. The van der Waals surface area contributed by atoms with Gasteiger partial charge in [-0.2, -0.15) is 0 Å². The summed E-state index contributed by atoms with van der Waals surface area (Å²) in [5, 5.41) is 2.93. The van der Waals surface area contributed by atoms with Crippen LogP contribution in [0, 0.1) is 5.92 Å². The summed E-state index contributed by atoms with van der Waals surface area (Å²) in [5.74, 6) is 0.250. The van der Waals surface area contributed by atoms with Crippen LogP contribution in [0.1, 0.15) is 39.5 Å². The SMILES string of the molecule is CC(C)C(=O)NCCCCCCn1ccnc1. The number of nitrogens with zero attached hydrogens (tertiary/aromatic N) is 2. The van der Waals surface area contributed by atoms with Crippen molar-refractivity contribution in [2.75, 3.05) is 6.54 Å². The molecule has 0 unspecified atom stereocenters. The zero-order valence-corrected chi connectivity index (χ0v) is 10.9. The maximum absolute atomic E-state index is 11.3. The summed E-state index contributed by atoms with van der Waals surface area (Å²) in [5.41, 5.74) is 0. The predicted molar refractivity (Wildman–Crippen MR) is 68.5 cm³/mol. The first-order valence-electron chi connectivity index (χ1n) is 6.43. The van der Waals surface area contributed by atoms with Gasteiger partial charge < -0.3 is 9.88 Å². The standard InChI is InChI=1S/C13H23N3O/c1-12(2)13(17)15-7-5-3-4-6-9-16-10-8-14-11-16/h8,10-12H,3-7,9H2,1-2H3,(H,15,17). The Hall–Kier alpha value is -1.32. The number of amides is 1. The van der Waals surface area contributed by atoms with Crippen LogP contribution in [-0.2, 0) is 11.3 Å². The van der Waals surface area contributed by atoms with Gasteiger partial charge in [-0.15, -0.1) is 0 Å². The van der Waals surface area contributed by atoms with E-state index >= 15 is 0 Å². The van der Waals surface area contributed by atoms with Gasteiger partial charge in [0, 0.05) is 31.4 Å². The Kier molecular flexibility index (Phi) is 6.37. The molecule has 0 aliphatic heterocycles. The molecular weight excluding hydrogens is 214 g/mol. The van der Waals surface area contributed by atoms with Crippen molar-refractivity contribution in [3.8, 4) is 0 Å². The molecule has 0 saturated carbocycles. The van der Waals surface area contributed by atoms with Crippen LogP contribution in [0.3, 0.4) is 0 Å². The molecule has 96 valence electrons. The highest BCUT2D eigenvalue weighted by atomic mass is 16.1. The molecular formula is C13H23N3O. The fourth-order valence-electron chi connectivity index (χ4n) is 1.61. The summed E-state index contributed by atoms with van der Waals surface area (Å²) in [6.45, 7) is 5.68. The van der Waals surface area contributed by atoms with Crippen molar-refractivity contribution >= 4 is 5.91 Å². The Morgan fingerprint density at radius 2 is 2.06 bits per heavy atom. The first kappa shape index (κ1) is 13.7. The molecule has 1 heterocycles. The van der Waals surface area contributed by atoms with Gasteiger partial charge in [-0.05, 0) is 12.8 Å². The van der Waals surface area contributed by atoms with Crippen LogP contribution in [0.2, 0.25) is 0 Å². The molecule has 0 atom stereocenters. The quantitative estimate of drug-likeness (QED) is 0.705. The molecule has 1 amide bonds. The summed E-state index contributed by atoms with van der Waals surface area (Å²) in [6.07, 6.45) is 10.3. The van der Waals surface area contributed by atoms with Crippen molar-refractivity contribution in [3.63, 3.8) is 0 Å². The van der Waals surface area contributed by atoms with Crippen LogP contribution in [0.4, 0.5) is 0 Å². The second-order valence-corrected chi connectivity index (χ2v) is 4.66. The van der Waals surface area contributed by atoms with Gasteiger partial charge in [-0.25, -0.2) is 4.98 Å². The molecule has 0 aliphatic carbocycles. The summed E-state index contributed by atoms with van der Waals surface area (Å²) < 4.78 is 2.10. The van der Waals surface area contributed by atoms with Crippen LogP contribution in [0.15, 0.2) is 18.7 Å². The van der Waals surface area contributed by atoms with E-state index in [1.165, 1.54) is 19.3 Å². The Balaban J connectivity index is 1.89. The van der Waals surface area contributed by atoms with Crippen molar-refractivity contribution in [2.24, 2.45) is 5.92 Å². The molecule has 0 fully saturated rings. The van der Waals surface area contributed by atoms with E-state index in [1.54, 1.807) is 6.20 Å². The molecule has 0 aliphatic rings. The van der Waals surface area contributed by atoms with Gasteiger partial charge >= 0.3 is 0 Å². The van der Waals surface area contributed by atoms with E-state index in [-0.39, 0.29) is 11.8 Å². The van der Waals surface area contributed by atoms with E-state index in [4.69, 9.17) is 0 Å². The van der Waals surface area contributed by atoms with Gasteiger partial charge in [-0.3, -0.25) is 4.79 Å². The highest BCUT2D eigenvalue weighted by Gasteiger charge is 2.04. The highest BCUT2D eigenvalue weighted by molar-refractivity contribution is 5.77. The minimum Gasteiger partial charge on any atom is -0.356 e. The van der Waals surface area contributed by atoms with E-state index in [2.05, 4.69) is 14.9 Å². The normalized spacial score (nSPS) is 10.8. The van der Waals surface area contributed by atoms with Crippen molar-refractivity contribution in [2.45, 2.75) is 46.1 Å². The maximum Gasteiger partial charge on any atom is 0.222 e. The van der Waals surface area contributed by atoms with Gasteiger partial charge in [-0.1, -0.05) is 26.7 Å². The van der Waals surface area contributed by atoms with Crippen molar-refractivity contribution in [1.29, 1.82) is 0 Å². The van der Waals surface area contributed by atoms with Gasteiger partial charge in [0.25, 0.3) is 0 Å². The van der Waals surface area contributed by atoms with E-state index in [0.29, 0.717) is 0 Å². The van der Waals surface area contributed by atoms with Crippen LogP contribution in [0.5, 0.6) is 0 Å². The second kappa shape index (κ2) is 7.87. The first-order chi connectivity index (χ1) is 8.20. The molecule has 0 saturated heterocycles. The third-order valence-corrected chi connectivity index (χ3v) is 2.73. The van der Waals surface area contributed by atoms with E-state index in [1.807, 2.05) is 26.4 Å². The van der Waals surface area contributed by atoms with Crippen LogP contribution < -0.4 is 5.32 Å². The van der Waals surface area contributed by atoms with E-state index < -0.39 is 0 Å². The van der Waals surface area contributed by atoms with Gasteiger partial charge in [0.1, 0.15) is 0 Å². The van der Waals surface area contributed by atoms with E-state index in [0.717, 1.165) is 19.5 Å². The minimum atomic E-state index is 0.0937. The monoisotopic (exact) mass is 237 g/mol. The molecule has 17 heavy (non-hydrogen) atoms. The average Bonchev–Trinajstić information content (AvgIpc) is 2.80. The number of nitrogens with one attached hydrogen (secondary N) is 1. The second-order valence-electron chi connectivity index (χ2n) is 4.66. The Morgan fingerprint density at radius 1 is 1.29 bits per heavy atom. The smallest absolute Gasteiger partial charge is 0.222 e. The van der Waals surface area contributed by atoms with Crippen molar-refractivity contribution < 1.29 is 4.79 Å². The van der Waals surface area contributed by atoms with E-state index in [9.17, 15) is 4.79 Å². The lowest BCUT2D eigenvalue weighted by Crippen LogP contribution is -2.28. The minimum absolute atomic E-state index is 0.0937. The average molecular weight is 237 g/mol. The number of carbonyl (C=O) groups is 1. The summed E-state index contributed by atoms with van der Waals surface area (Å²) in [7, 11) is 0. The Labute approximate surface area is 103 Å². The number of hydrogen-bond donors (Lipinski definition) is 1. The number of hydrogen-bond acceptors (Lipinski definition) is 2. The Morgan fingerprint density at radius 3 is 2.71 bits per heavy atom. The zero-order valence-electron chi connectivity index (χ0n) is 10.9. The maximum atomic E-state index is 11.3. The summed E-state index contributed by atoms with van der Waals surface area (Å²) >= 11 is 0. The number of carbonyl (C=O) groups excluding carboxylic acids is 1. The third kappa shape index (κ3) is 6.09. The number of aromatic nitrogens is 2. The number of rotatable bonds is 8. The molecule has 1 aromatic rings. The Bertz CT molecular complexity index is 306. The van der Waals surface area contributed by atoms with Crippen LogP contribution in [-0.4, -0.2) is 22.0 Å². The molecule has 0 aromatic carbocycles. The summed E-state index contributed by atoms with van der Waals surface area (Å²) in [6, 6.07) is 0. The van der Waals surface area contributed by atoms with Gasteiger partial charge in [0.15, 0.2) is 0 Å². The lowest BCUT2D eigenvalue weighted by molar-refractivity contribution is -0.123. The van der Waals surface area contributed by atoms with Gasteiger partial charge in [0.05, 0.1) is 6.33 Å². The fraction of sp³-hybridized carbons (Fsp3) is 0.692. The molecule has 0 radical (unpaired) electrons. The third-order valence-electron chi connectivity index (χ3n) is 2.73. The highest BCUT2D eigenvalue weighted by Crippen LogP contribution is 2.02. The largest absolute Gasteiger partial charge is 0.356 e. The lowest BCUT2D eigenvalue weighted by Gasteiger charge is -2.07. The molecule has 4 nitrogen and oxygen atoms in total. The van der Waals surface area contributed by atoms with Gasteiger partial charge in [0.2, 0.25) is 5.91 Å². The molecule has 0 bridgehead atoms. The molecule has 4 heteroatoms. The lowest BCUT2D eigenvalue weighted by atomic mass is 10.1. The molecule has 0 spiro atoms. The zero-order chi connectivity index (χ0) is 12.5. The predicted octanol–water partition coefficient (Wildman–Crippen LogP) is 2.22. The van der Waals surface area contributed by atoms with Crippen LogP contribution in [0.25, 0.3) is 0 Å². The topological polar surface area (TPSA) is 46.9 Å². The number of unbranched alkanes of at least 4 members (excludes halogenated alkanes) is 3. The van der Waals surface area contributed by atoms with Crippen molar-refractivity contribution in [1.82, 2.24) is 14.9 Å². The summed E-state index contributed by atoms with van der Waals surface area (Å²) in [4.78, 5) is 15.3. The molecule has 1 rings (SSSR count). The van der Waals surface area contributed by atoms with Crippen molar-refractivity contribution in [3.05, 3.63) is 18.7 Å².